The fourth-order valence-electron chi connectivity index (χ4n) is 1.32. The molecule has 1 rings (SSSR count). The van der Waals surface area contributed by atoms with Gasteiger partial charge in [-0.2, -0.15) is 5.26 Å². The standard InChI is InChI=1S/C11H11BrFNO2/c12-4-3-10(15)11(16)8-5-7(6-14)1-2-9(8)13/h1-2,5,10-11,15-16H,3-4H2. The van der Waals surface area contributed by atoms with Crippen LogP contribution in [0, 0.1) is 17.1 Å². The van der Waals surface area contributed by atoms with Crippen LogP contribution < -0.4 is 0 Å². The number of aliphatic hydroxyl groups excluding tert-OH is 2. The maximum Gasteiger partial charge on any atom is 0.129 e. The molecule has 0 aliphatic carbocycles. The van der Waals surface area contributed by atoms with E-state index in [0.29, 0.717) is 11.8 Å². The van der Waals surface area contributed by atoms with Crippen LogP contribution in [0.15, 0.2) is 18.2 Å². The van der Waals surface area contributed by atoms with Crippen LogP contribution in [-0.2, 0) is 0 Å². The first-order valence-corrected chi connectivity index (χ1v) is 5.84. The van der Waals surface area contributed by atoms with Gasteiger partial charge in [0.15, 0.2) is 0 Å². The molecule has 0 aliphatic heterocycles. The van der Waals surface area contributed by atoms with Crippen molar-refractivity contribution in [3.05, 3.63) is 35.1 Å². The van der Waals surface area contributed by atoms with Crippen LogP contribution in [0.5, 0.6) is 0 Å². The summed E-state index contributed by atoms with van der Waals surface area (Å²) in [6, 6.07) is 5.53. The van der Waals surface area contributed by atoms with Crippen molar-refractivity contribution in [2.75, 3.05) is 5.33 Å². The predicted octanol–water partition coefficient (Wildman–Crippen LogP) is 1.88. The lowest BCUT2D eigenvalue weighted by atomic mass is 10.0. The van der Waals surface area contributed by atoms with Gasteiger partial charge in [0, 0.05) is 10.9 Å². The molecule has 0 heterocycles. The summed E-state index contributed by atoms with van der Waals surface area (Å²) in [5, 5.41) is 28.4. The van der Waals surface area contributed by atoms with Crippen molar-refractivity contribution in [3.63, 3.8) is 0 Å². The van der Waals surface area contributed by atoms with E-state index in [2.05, 4.69) is 15.9 Å². The SMILES string of the molecule is N#Cc1ccc(F)c(C(O)C(O)CCBr)c1. The molecular formula is C11H11BrFNO2. The lowest BCUT2D eigenvalue weighted by Gasteiger charge is -2.17. The number of nitrogens with zero attached hydrogens (tertiary/aromatic N) is 1. The van der Waals surface area contributed by atoms with E-state index >= 15 is 0 Å². The Morgan fingerprint density at radius 2 is 2.12 bits per heavy atom. The highest BCUT2D eigenvalue weighted by atomic mass is 79.9. The average molecular weight is 288 g/mol. The summed E-state index contributed by atoms with van der Waals surface area (Å²) < 4.78 is 13.4. The fourth-order valence-corrected chi connectivity index (χ4v) is 1.79. The molecule has 5 heteroatoms. The van der Waals surface area contributed by atoms with E-state index in [1.54, 1.807) is 0 Å². The number of halogens is 2. The van der Waals surface area contributed by atoms with Crippen LogP contribution in [0.3, 0.4) is 0 Å². The van der Waals surface area contributed by atoms with Crippen LogP contribution in [0.25, 0.3) is 0 Å². The van der Waals surface area contributed by atoms with E-state index in [0.717, 1.165) is 6.07 Å². The molecule has 16 heavy (non-hydrogen) atoms. The van der Waals surface area contributed by atoms with Crippen molar-refractivity contribution in [2.24, 2.45) is 0 Å². The zero-order valence-corrected chi connectivity index (χ0v) is 9.98. The van der Waals surface area contributed by atoms with Crippen LogP contribution in [0.4, 0.5) is 4.39 Å². The Balaban J connectivity index is 2.98. The summed E-state index contributed by atoms with van der Waals surface area (Å²) in [6.45, 7) is 0. The molecule has 0 bridgehead atoms. The smallest absolute Gasteiger partial charge is 0.129 e. The van der Waals surface area contributed by atoms with Gasteiger partial charge in [0.2, 0.25) is 0 Å². The molecule has 0 saturated heterocycles. The fraction of sp³-hybridized carbons (Fsp3) is 0.364. The molecule has 1 aromatic rings. The van der Waals surface area contributed by atoms with Crippen LogP contribution in [-0.4, -0.2) is 21.6 Å². The summed E-state index contributed by atoms with van der Waals surface area (Å²) in [5.74, 6) is -0.625. The van der Waals surface area contributed by atoms with Crippen molar-refractivity contribution in [1.29, 1.82) is 5.26 Å². The molecule has 0 fully saturated rings. The molecule has 3 nitrogen and oxygen atoms in total. The zero-order valence-electron chi connectivity index (χ0n) is 8.40. The van der Waals surface area contributed by atoms with Crippen LogP contribution in [0.2, 0.25) is 0 Å². The Morgan fingerprint density at radius 3 is 2.69 bits per heavy atom. The average Bonchev–Trinajstić information content (AvgIpc) is 2.29. The molecule has 0 saturated carbocycles. The number of nitriles is 1. The maximum atomic E-state index is 13.4. The summed E-state index contributed by atoms with van der Waals surface area (Å²) in [7, 11) is 0. The first kappa shape index (κ1) is 13.1. The minimum absolute atomic E-state index is 0.0486. The van der Waals surface area contributed by atoms with E-state index in [1.807, 2.05) is 6.07 Å². The molecule has 2 unspecified atom stereocenters. The third-order valence-corrected chi connectivity index (χ3v) is 2.67. The van der Waals surface area contributed by atoms with Crippen molar-refractivity contribution in [1.82, 2.24) is 0 Å². The molecule has 0 amide bonds. The van der Waals surface area contributed by atoms with E-state index in [-0.39, 0.29) is 11.1 Å². The first-order chi connectivity index (χ1) is 7.60. The van der Waals surface area contributed by atoms with Gasteiger partial charge in [-0.05, 0) is 24.6 Å². The molecule has 2 atom stereocenters. The van der Waals surface area contributed by atoms with Crippen LogP contribution in [0.1, 0.15) is 23.7 Å². The van der Waals surface area contributed by atoms with Crippen LogP contribution >= 0.6 is 15.9 Å². The van der Waals surface area contributed by atoms with Crippen molar-refractivity contribution in [2.45, 2.75) is 18.6 Å². The van der Waals surface area contributed by atoms with Crippen molar-refractivity contribution in [3.8, 4) is 6.07 Å². The number of rotatable bonds is 4. The molecule has 2 N–H and O–H groups in total. The largest absolute Gasteiger partial charge is 0.390 e. The molecule has 0 radical (unpaired) electrons. The van der Waals surface area contributed by atoms with Gasteiger partial charge in [-0.1, -0.05) is 15.9 Å². The van der Waals surface area contributed by atoms with Gasteiger partial charge in [0.1, 0.15) is 11.9 Å². The van der Waals surface area contributed by atoms with E-state index < -0.39 is 18.0 Å². The Kier molecular flexibility index (Phi) is 4.87. The second-order valence-electron chi connectivity index (χ2n) is 3.34. The second-order valence-corrected chi connectivity index (χ2v) is 4.13. The Hall–Kier alpha value is -0.960. The zero-order chi connectivity index (χ0) is 12.1. The number of hydrogen-bond acceptors (Lipinski definition) is 3. The minimum Gasteiger partial charge on any atom is -0.390 e. The Bertz CT molecular complexity index is 405. The van der Waals surface area contributed by atoms with Gasteiger partial charge in [-0.25, -0.2) is 4.39 Å². The molecule has 0 aromatic heterocycles. The lowest BCUT2D eigenvalue weighted by molar-refractivity contribution is 0.0153. The number of benzene rings is 1. The summed E-state index contributed by atoms with van der Waals surface area (Å²) in [5.41, 5.74) is 0.203. The molecule has 1 aromatic carbocycles. The van der Waals surface area contributed by atoms with E-state index in [1.165, 1.54) is 12.1 Å². The van der Waals surface area contributed by atoms with Gasteiger partial charge in [-0.3, -0.25) is 0 Å². The summed E-state index contributed by atoms with van der Waals surface area (Å²) in [4.78, 5) is 0. The monoisotopic (exact) mass is 287 g/mol. The van der Waals surface area contributed by atoms with Gasteiger partial charge in [0.25, 0.3) is 0 Å². The third kappa shape index (κ3) is 3.01. The molecule has 0 spiro atoms. The van der Waals surface area contributed by atoms with Gasteiger partial charge in [-0.15, -0.1) is 0 Å². The topological polar surface area (TPSA) is 64.2 Å². The first-order valence-electron chi connectivity index (χ1n) is 4.71. The van der Waals surface area contributed by atoms with Gasteiger partial charge < -0.3 is 10.2 Å². The second kappa shape index (κ2) is 5.94. The lowest BCUT2D eigenvalue weighted by Crippen LogP contribution is -2.19. The number of alkyl halides is 1. The third-order valence-electron chi connectivity index (χ3n) is 2.21. The minimum atomic E-state index is -1.31. The molecule has 86 valence electrons. The highest BCUT2D eigenvalue weighted by Gasteiger charge is 2.21. The van der Waals surface area contributed by atoms with Crippen molar-refractivity contribution >= 4 is 15.9 Å². The summed E-state index contributed by atoms with van der Waals surface area (Å²) >= 11 is 3.12. The highest BCUT2D eigenvalue weighted by molar-refractivity contribution is 9.09. The number of aliphatic hydroxyl groups is 2. The molecular weight excluding hydrogens is 277 g/mol. The maximum absolute atomic E-state index is 13.4. The van der Waals surface area contributed by atoms with Gasteiger partial charge >= 0.3 is 0 Å². The number of hydrogen-bond donors (Lipinski definition) is 2. The van der Waals surface area contributed by atoms with E-state index in [4.69, 9.17) is 5.26 Å². The van der Waals surface area contributed by atoms with E-state index in [9.17, 15) is 14.6 Å². The van der Waals surface area contributed by atoms with Crippen molar-refractivity contribution < 1.29 is 14.6 Å². The van der Waals surface area contributed by atoms with Gasteiger partial charge in [0.05, 0.1) is 17.7 Å². The quantitative estimate of drug-likeness (QED) is 0.831. The predicted molar refractivity (Wildman–Crippen MR) is 60.5 cm³/mol. The molecule has 0 aliphatic rings. The highest BCUT2D eigenvalue weighted by Crippen LogP contribution is 2.23. The Morgan fingerprint density at radius 1 is 1.44 bits per heavy atom. The normalized spacial score (nSPS) is 14.2. The summed E-state index contributed by atoms with van der Waals surface area (Å²) in [6.07, 6.45) is -2.06. The Labute approximate surface area is 101 Å².